The third-order valence-electron chi connectivity index (χ3n) is 4.41. The highest BCUT2D eigenvalue weighted by Gasteiger charge is 2.21. The van der Waals surface area contributed by atoms with Gasteiger partial charge in [0.1, 0.15) is 0 Å². The van der Waals surface area contributed by atoms with Gasteiger partial charge in [0.25, 0.3) is 0 Å². The van der Waals surface area contributed by atoms with Crippen molar-refractivity contribution in [2.75, 3.05) is 0 Å². The number of carbonyl (C=O) groups is 2. The van der Waals surface area contributed by atoms with E-state index in [-0.39, 0.29) is 18.4 Å². The number of nitrogens with one attached hydrogen (secondary N) is 2. The van der Waals surface area contributed by atoms with Gasteiger partial charge in [-0.1, -0.05) is 66.7 Å². The number of hydrogen-bond acceptors (Lipinski definition) is 3. The van der Waals surface area contributed by atoms with Gasteiger partial charge in [0, 0.05) is 4.88 Å². The van der Waals surface area contributed by atoms with E-state index in [1.54, 1.807) is 0 Å². The Balaban J connectivity index is 1.73. The summed E-state index contributed by atoms with van der Waals surface area (Å²) in [6.45, 7) is 0. The Bertz CT molecular complexity index is 883. The van der Waals surface area contributed by atoms with E-state index >= 15 is 0 Å². The normalized spacial score (nSPS) is 12.7. The minimum Gasteiger partial charge on any atom is -0.352 e. The molecule has 3 amide bonds. The number of primary amides is 1. The monoisotopic (exact) mass is 393 g/mol. The summed E-state index contributed by atoms with van der Waals surface area (Å²) >= 11 is 1.48. The maximum Gasteiger partial charge on any atom is 0.312 e. The van der Waals surface area contributed by atoms with E-state index < -0.39 is 12.1 Å². The number of urea groups is 1. The molecule has 3 rings (SSSR count). The molecular formula is C22H23N3O2S. The van der Waals surface area contributed by atoms with Gasteiger partial charge in [-0.25, -0.2) is 4.79 Å². The summed E-state index contributed by atoms with van der Waals surface area (Å²) in [6, 6.07) is 22.5. The van der Waals surface area contributed by atoms with Crippen LogP contribution in [0.4, 0.5) is 4.79 Å². The topological polar surface area (TPSA) is 84.2 Å². The molecular weight excluding hydrogens is 370 g/mol. The maximum absolute atomic E-state index is 12.8. The molecule has 0 saturated carbocycles. The molecule has 2 aromatic carbocycles. The highest BCUT2D eigenvalue weighted by atomic mass is 32.1. The van der Waals surface area contributed by atoms with Gasteiger partial charge >= 0.3 is 6.03 Å². The van der Waals surface area contributed by atoms with Crippen LogP contribution in [0.3, 0.4) is 0 Å². The van der Waals surface area contributed by atoms with Crippen molar-refractivity contribution in [3.63, 3.8) is 0 Å². The molecule has 0 fully saturated rings. The van der Waals surface area contributed by atoms with Crippen LogP contribution in [-0.4, -0.2) is 11.9 Å². The van der Waals surface area contributed by atoms with Crippen molar-refractivity contribution in [1.29, 1.82) is 0 Å². The SMILES string of the molecule is NC(=O)NC(CC(=O)NC(Cc1ccccc1)c1ccccc1)c1cccs1. The van der Waals surface area contributed by atoms with Gasteiger partial charge in [-0.2, -0.15) is 0 Å². The van der Waals surface area contributed by atoms with Crippen LogP contribution in [0, 0.1) is 0 Å². The summed E-state index contributed by atoms with van der Waals surface area (Å²) in [5.41, 5.74) is 7.47. The molecule has 2 atom stereocenters. The molecule has 2 unspecified atom stereocenters. The predicted octanol–water partition coefficient (Wildman–Crippen LogP) is 3.95. The second-order valence-electron chi connectivity index (χ2n) is 6.50. The van der Waals surface area contributed by atoms with Crippen LogP contribution in [0.5, 0.6) is 0 Å². The third-order valence-corrected chi connectivity index (χ3v) is 5.40. The van der Waals surface area contributed by atoms with E-state index in [4.69, 9.17) is 5.73 Å². The predicted molar refractivity (Wildman–Crippen MR) is 112 cm³/mol. The lowest BCUT2D eigenvalue weighted by Crippen LogP contribution is -2.37. The lowest BCUT2D eigenvalue weighted by molar-refractivity contribution is -0.122. The molecule has 0 saturated heterocycles. The largest absolute Gasteiger partial charge is 0.352 e. The van der Waals surface area contributed by atoms with E-state index in [2.05, 4.69) is 10.6 Å². The minimum atomic E-state index is -0.643. The first-order valence-corrected chi connectivity index (χ1v) is 9.97. The zero-order valence-corrected chi connectivity index (χ0v) is 16.2. The van der Waals surface area contributed by atoms with E-state index in [1.807, 2.05) is 78.2 Å². The number of hydrogen-bond donors (Lipinski definition) is 3. The fourth-order valence-electron chi connectivity index (χ4n) is 3.11. The standard InChI is InChI=1S/C22H23N3O2S/c23-22(27)25-19(20-12-7-13-28-20)15-21(26)24-18(17-10-5-2-6-11-17)14-16-8-3-1-4-9-16/h1-13,18-19H,14-15H2,(H,24,26)(H3,23,25,27). The average Bonchev–Trinajstić information content (AvgIpc) is 3.23. The first kappa shape index (κ1) is 19.6. The van der Waals surface area contributed by atoms with Crippen LogP contribution in [-0.2, 0) is 11.2 Å². The highest BCUT2D eigenvalue weighted by Crippen LogP contribution is 2.23. The van der Waals surface area contributed by atoms with Crippen molar-refractivity contribution in [2.24, 2.45) is 5.73 Å². The van der Waals surface area contributed by atoms with Crippen molar-refractivity contribution >= 4 is 23.3 Å². The molecule has 1 heterocycles. The second kappa shape index (κ2) is 9.71. The molecule has 5 nitrogen and oxygen atoms in total. The summed E-state index contributed by atoms with van der Waals surface area (Å²) in [7, 11) is 0. The molecule has 0 aliphatic rings. The van der Waals surface area contributed by atoms with Crippen molar-refractivity contribution in [2.45, 2.75) is 24.9 Å². The average molecular weight is 394 g/mol. The molecule has 6 heteroatoms. The molecule has 0 aliphatic heterocycles. The van der Waals surface area contributed by atoms with Crippen LogP contribution < -0.4 is 16.4 Å². The Kier molecular flexibility index (Phi) is 6.81. The molecule has 0 radical (unpaired) electrons. The van der Waals surface area contributed by atoms with Gasteiger partial charge in [0.2, 0.25) is 5.91 Å². The lowest BCUT2D eigenvalue weighted by Gasteiger charge is -2.22. The Morgan fingerprint density at radius 3 is 2.14 bits per heavy atom. The van der Waals surface area contributed by atoms with Gasteiger partial charge in [0.05, 0.1) is 18.5 Å². The minimum absolute atomic E-state index is 0.127. The summed E-state index contributed by atoms with van der Waals surface area (Å²) in [5.74, 6) is -0.142. The van der Waals surface area contributed by atoms with E-state index in [0.717, 1.165) is 16.0 Å². The molecule has 28 heavy (non-hydrogen) atoms. The maximum atomic E-state index is 12.8. The zero-order valence-electron chi connectivity index (χ0n) is 15.4. The molecule has 3 aromatic rings. The summed E-state index contributed by atoms with van der Waals surface area (Å²) < 4.78 is 0. The van der Waals surface area contributed by atoms with Gasteiger partial charge < -0.3 is 16.4 Å². The van der Waals surface area contributed by atoms with Crippen molar-refractivity contribution in [3.05, 3.63) is 94.2 Å². The van der Waals surface area contributed by atoms with Crippen LogP contribution in [0.2, 0.25) is 0 Å². The molecule has 0 spiro atoms. The number of thiophene rings is 1. The first-order chi connectivity index (χ1) is 13.6. The number of benzene rings is 2. The van der Waals surface area contributed by atoms with Crippen molar-refractivity contribution < 1.29 is 9.59 Å². The van der Waals surface area contributed by atoms with Crippen LogP contribution >= 0.6 is 11.3 Å². The molecule has 144 valence electrons. The summed E-state index contributed by atoms with van der Waals surface area (Å²) in [4.78, 5) is 25.1. The quantitative estimate of drug-likeness (QED) is 0.541. The van der Waals surface area contributed by atoms with Gasteiger partial charge in [0.15, 0.2) is 0 Å². The fourth-order valence-corrected chi connectivity index (χ4v) is 3.89. The number of nitrogens with two attached hydrogens (primary N) is 1. The highest BCUT2D eigenvalue weighted by molar-refractivity contribution is 7.10. The Hall–Kier alpha value is -3.12. The van der Waals surface area contributed by atoms with Crippen LogP contribution in [0.15, 0.2) is 78.2 Å². The Morgan fingerprint density at radius 2 is 1.54 bits per heavy atom. The number of amides is 3. The van der Waals surface area contributed by atoms with E-state index in [9.17, 15) is 9.59 Å². The summed E-state index contributed by atoms with van der Waals surface area (Å²) in [6.07, 6.45) is 0.811. The van der Waals surface area contributed by atoms with Crippen molar-refractivity contribution in [1.82, 2.24) is 10.6 Å². The van der Waals surface area contributed by atoms with E-state index in [0.29, 0.717) is 6.42 Å². The first-order valence-electron chi connectivity index (χ1n) is 9.09. The lowest BCUT2D eigenvalue weighted by atomic mass is 9.98. The van der Waals surface area contributed by atoms with Crippen LogP contribution in [0.25, 0.3) is 0 Å². The Labute approximate surface area is 168 Å². The summed E-state index contributed by atoms with van der Waals surface area (Å²) in [5, 5.41) is 7.69. The molecule has 0 bridgehead atoms. The smallest absolute Gasteiger partial charge is 0.312 e. The van der Waals surface area contributed by atoms with Gasteiger partial charge in [-0.15, -0.1) is 11.3 Å². The van der Waals surface area contributed by atoms with Gasteiger partial charge in [-0.3, -0.25) is 4.79 Å². The van der Waals surface area contributed by atoms with Crippen molar-refractivity contribution in [3.8, 4) is 0 Å². The van der Waals surface area contributed by atoms with E-state index in [1.165, 1.54) is 11.3 Å². The zero-order chi connectivity index (χ0) is 19.8. The number of carbonyl (C=O) groups excluding carboxylic acids is 2. The second-order valence-corrected chi connectivity index (χ2v) is 7.48. The molecule has 4 N–H and O–H groups in total. The van der Waals surface area contributed by atoms with Crippen LogP contribution in [0.1, 0.15) is 34.5 Å². The third kappa shape index (κ3) is 5.69. The number of rotatable bonds is 8. The molecule has 0 aliphatic carbocycles. The Morgan fingerprint density at radius 1 is 0.857 bits per heavy atom. The van der Waals surface area contributed by atoms with Gasteiger partial charge in [-0.05, 0) is 29.0 Å². The fraction of sp³-hybridized carbons (Fsp3) is 0.182. The molecule has 1 aromatic heterocycles.